The van der Waals surface area contributed by atoms with Crippen LogP contribution >= 0.6 is 10.3 Å². The van der Waals surface area contributed by atoms with Gasteiger partial charge in [-0.3, -0.25) is 4.79 Å². The minimum absolute atomic E-state index is 0.0154. The summed E-state index contributed by atoms with van der Waals surface area (Å²) in [5, 5.41) is 9.02. The van der Waals surface area contributed by atoms with Crippen molar-refractivity contribution >= 4 is 16.3 Å². The molecule has 0 spiro atoms. The lowest BCUT2D eigenvalue weighted by molar-refractivity contribution is -0.137. The van der Waals surface area contributed by atoms with Crippen LogP contribution in [0.15, 0.2) is 47.9 Å². The van der Waals surface area contributed by atoms with Crippen molar-refractivity contribution in [3.05, 3.63) is 43.0 Å². The Bertz CT molecular complexity index is 479. The summed E-state index contributed by atoms with van der Waals surface area (Å²) in [5.41, 5.74) is 0. The molecule has 3 nitrogen and oxygen atoms in total. The quantitative estimate of drug-likeness (QED) is 0.747. The Morgan fingerprint density at radius 3 is 2.38 bits per heavy atom. The SMILES string of the molecule is C=CC(C)S(OCCC(=O)O)(c1ccccc1)C(C)(C)C. The fraction of sp³-hybridized carbons (Fsp3) is 0.471. The molecule has 0 aliphatic carbocycles. The summed E-state index contributed by atoms with van der Waals surface area (Å²) in [6.45, 7) is 12.7. The van der Waals surface area contributed by atoms with Gasteiger partial charge in [-0.2, -0.15) is 0 Å². The van der Waals surface area contributed by atoms with Crippen LogP contribution in [0.2, 0.25) is 0 Å². The standard InChI is InChI=1S/C17H26O3S/c1-6-14(2)21(17(3,4)5,20-13-12-16(18)19)15-10-8-7-9-11-15/h6-11,14H,1,12-13H2,2-5H3,(H,18,19). The maximum atomic E-state index is 10.8. The highest BCUT2D eigenvalue weighted by molar-refractivity contribution is 8.31. The van der Waals surface area contributed by atoms with Crippen molar-refractivity contribution in [2.45, 2.75) is 49.0 Å². The first-order valence-electron chi connectivity index (χ1n) is 7.11. The van der Waals surface area contributed by atoms with Crippen LogP contribution in [0.1, 0.15) is 34.1 Å². The third kappa shape index (κ3) is 3.89. The number of hydrogen-bond donors (Lipinski definition) is 1. The van der Waals surface area contributed by atoms with Crippen LogP contribution in [0.5, 0.6) is 0 Å². The molecule has 0 aliphatic heterocycles. The van der Waals surface area contributed by atoms with E-state index in [0.29, 0.717) is 0 Å². The van der Waals surface area contributed by atoms with E-state index in [1.807, 2.05) is 24.3 Å². The predicted octanol–water partition coefficient (Wildman–Crippen LogP) is 4.63. The molecule has 0 aromatic heterocycles. The average molecular weight is 310 g/mol. The molecule has 1 N–H and O–H groups in total. The summed E-state index contributed by atoms with van der Waals surface area (Å²) in [7, 11) is -1.70. The molecule has 2 atom stereocenters. The van der Waals surface area contributed by atoms with Crippen molar-refractivity contribution in [1.82, 2.24) is 0 Å². The average Bonchev–Trinajstić information content (AvgIpc) is 2.42. The van der Waals surface area contributed by atoms with Crippen LogP contribution in [0.3, 0.4) is 0 Å². The molecule has 0 heterocycles. The Morgan fingerprint density at radius 2 is 1.95 bits per heavy atom. The van der Waals surface area contributed by atoms with Gasteiger partial charge in [-0.15, -0.1) is 6.58 Å². The highest BCUT2D eigenvalue weighted by Gasteiger charge is 2.43. The number of carboxylic acid groups (broad SMARTS) is 1. The van der Waals surface area contributed by atoms with Crippen molar-refractivity contribution in [2.75, 3.05) is 6.61 Å². The van der Waals surface area contributed by atoms with E-state index in [0.717, 1.165) is 4.90 Å². The van der Waals surface area contributed by atoms with Gasteiger partial charge in [-0.1, -0.05) is 55.4 Å². The smallest absolute Gasteiger partial charge is 0.305 e. The lowest BCUT2D eigenvalue weighted by Crippen LogP contribution is -2.34. The number of carbonyl (C=O) groups is 1. The summed E-state index contributed by atoms with van der Waals surface area (Å²) in [5.74, 6) is -0.837. The second-order valence-corrected chi connectivity index (χ2v) is 9.81. The lowest BCUT2D eigenvalue weighted by Gasteiger charge is -2.53. The van der Waals surface area contributed by atoms with E-state index in [2.05, 4.69) is 46.4 Å². The number of rotatable bonds is 7. The zero-order valence-electron chi connectivity index (χ0n) is 13.3. The van der Waals surface area contributed by atoms with Gasteiger partial charge in [0.25, 0.3) is 0 Å². The normalized spacial score (nSPS) is 17.5. The first kappa shape index (κ1) is 17.8. The Morgan fingerprint density at radius 1 is 1.38 bits per heavy atom. The first-order chi connectivity index (χ1) is 9.75. The van der Waals surface area contributed by atoms with Gasteiger partial charge >= 0.3 is 5.97 Å². The van der Waals surface area contributed by atoms with Crippen molar-refractivity contribution in [3.63, 3.8) is 0 Å². The molecule has 118 valence electrons. The van der Waals surface area contributed by atoms with E-state index in [-0.39, 0.29) is 23.0 Å². The largest absolute Gasteiger partial charge is 0.481 e. The molecular formula is C17H26O3S. The molecule has 0 bridgehead atoms. The molecule has 1 rings (SSSR count). The molecule has 0 aliphatic rings. The summed E-state index contributed by atoms with van der Waals surface area (Å²) in [6.07, 6.45) is 1.93. The number of benzene rings is 1. The van der Waals surface area contributed by atoms with Crippen LogP contribution < -0.4 is 0 Å². The highest BCUT2D eigenvalue weighted by Crippen LogP contribution is 2.69. The minimum Gasteiger partial charge on any atom is -0.481 e. The van der Waals surface area contributed by atoms with Crippen molar-refractivity contribution < 1.29 is 14.1 Å². The Hall–Kier alpha value is -1.26. The van der Waals surface area contributed by atoms with E-state index >= 15 is 0 Å². The monoisotopic (exact) mass is 310 g/mol. The molecule has 0 fully saturated rings. The third-order valence-electron chi connectivity index (χ3n) is 3.44. The van der Waals surface area contributed by atoms with E-state index in [1.54, 1.807) is 0 Å². The van der Waals surface area contributed by atoms with Crippen LogP contribution in [-0.2, 0) is 8.98 Å². The summed E-state index contributed by atoms with van der Waals surface area (Å²) in [4.78, 5) is 12.0. The zero-order chi connectivity index (χ0) is 16.1. The fourth-order valence-corrected chi connectivity index (χ4v) is 6.63. The predicted molar refractivity (Wildman–Crippen MR) is 89.9 cm³/mol. The van der Waals surface area contributed by atoms with Crippen molar-refractivity contribution in [2.24, 2.45) is 0 Å². The van der Waals surface area contributed by atoms with Gasteiger partial charge in [0, 0.05) is 14.9 Å². The maximum Gasteiger partial charge on any atom is 0.305 e. The molecule has 0 amide bonds. The van der Waals surface area contributed by atoms with Crippen LogP contribution in [0, 0.1) is 0 Å². The second-order valence-electron chi connectivity index (χ2n) is 5.93. The molecule has 0 radical (unpaired) electrons. The molecular weight excluding hydrogens is 284 g/mol. The van der Waals surface area contributed by atoms with Gasteiger partial charge in [-0.25, -0.2) is 0 Å². The van der Waals surface area contributed by atoms with Crippen LogP contribution in [0.25, 0.3) is 0 Å². The molecule has 0 saturated carbocycles. The van der Waals surface area contributed by atoms with Gasteiger partial charge in [-0.05, 0) is 19.1 Å². The van der Waals surface area contributed by atoms with Gasteiger partial charge in [0.05, 0.1) is 13.0 Å². The zero-order valence-corrected chi connectivity index (χ0v) is 14.2. The summed E-state index contributed by atoms with van der Waals surface area (Å²) >= 11 is 0. The molecule has 1 aromatic carbocycles. The van der Waals surface area contributed by atoms with Crippen LogP contribution in [0.4, 0.5) is 0 Å². The fourth-order valence-electron chi connectivity index (χ4n) is 2.50. The highest BCUT2D eigenvalue weighted by atomic mass is 32.3. The summed E-state index contributed by atoms with van der Waals surface area (Å²) < 4.78 is 6.15. The molecule has 4 heteroatoms. The van der Waals surface area contributed by atoms with E-state index in [9.17, 15) is 4.79 Å². The summed E-state index contributed by atoms with van der Waals surface area (Å²) in [6, 6.07) is 10.1. The van der Waals surface area contributed by atoms with Gasteiger partial charge in [0.15, 0.2) is 0 Å². The second kappa shape index (κ2) is 7.14. The number of carboxylic acids is 1. The Labute approximate surface area is 129 Å². The number of aliphatic carboxylic acids is 1. The van der Waals surface area contributed by atoms with Crippen molar-refractivity contribution in [1.29, 1.82) is 0 Å². The van der Waals surface area contributed by atoms with Gasteiger partial charge < -0.3 is 9.29 Å². The Kier molecular flexibility index (Phi) is 6.05. The Balaban J connectivity index is 3.29. The van der Waals surface area contributed by atoms with E-state index < -0.39 is 16.3 Å². The first-order valence-corrected chi connectivity index (χ1v) is 8.73. The molecule has 21 heavy (non-hydrogen) atoms. The van der Waals surface area contributed by atoms with Crippen molar-refractivity contribution in [3.8, 4) is 0 Å². The maximum absolute atomic E-state index is 10.8. The van der Waals surface area contributed by atoms with Gasteiger partial charge in [0.2, 0.25) is 0 Å². The third-order valence-corrected chi connectivity index (χ3v) is 8.01. The topological polar surface area (TPSA) is 46.5 Å². The number of hydrogen-bond acceptors (Lipinski definition) is 2. The minimum atomic E-state index is -1.70. The molecule has 1 aromatic rings. The van der Waals surface area contributed by atoms with E-state index in [4.69, 9.17) is 9.29 Å². The van der Waals surface area contributed by atoms with E-state index in [1.165, 1.54) is 0 Å². The van der Waals surface area contributed by atoms with Gasteiger partial charge in [0.1, 0.15) is 0 Å². The molecule has 0 saturated heterocycles. The van der Waals surface area contributed by atoms with Crippen LogP contribution in [-0.4, -0.2) is 27.7 Å². The molecule has 2 unspecified atom stereocenters. The lowest BCUT2D eigenvalue weighted by atomic mass is 10.3.